The lowest BCUT2D eigenvalue weighted by Gasteiger charge is -2.06. The Morgan fingerprint density at radius 3 is 2.53 bits per heavy atom. The largest absolute Gasteiger partial charge is 0.292 e. The maximum absolute atomic E-state index is 12.8. The first-order valence-corrected chi connectivity index (χ1v) is 5.88. The number of halogens is 1. The minimum Gasteiger partial charge on any atom is -0.292 e. The second kappa shape index (κ2) is 4.89. The Morgan fingerprint density at radius 1 is 1.29 bits per heavy atom. The van der Waals surface area contributed by atoms with Crippen LogP contribution in [0.25, 0.3) is 0 Å². The van der Waals surface area contributed by atoms with Gasteiger partial charge in [0.05, 0.1) is 6.07 Å². The lowest BCUT2D eigenvalue weighted by molar-refractivity contribution is 0.0979. The van der Waals surface area contributed by atoms with Crippen molar-refractivity contribution in [2.45, 2.75) is 5.92 Å². The fourth-order valence-corrected chi connectivity index (χ4v) is 2.16. The topological polar surface area (TPSA) is 40.9 Å². The summed E-state index contributed by atoms with van der Waals surface area (Å²) in [5, 5.41) is 12.5. The summed E-state index contributed by atoms with van der Waals surface area (Å²) in [6, 6.07) is 9.07. The van der Waals surface area contributed by atoms with E-state index >= 15 is 0 Å². The first-order valence-electron chi connectivity index (χ1n) is 4.94. The van der Waals surface area contributed by atoms with Crippen LogP contribution in [-0.4, -0.2) is 5.78 Å². The van der Waals surface area contributed by atoms with Gasteiger partial charge in [-0.15, -0.1) is 0 Å². The molecule has 84 valence electrons. The van der Waals surface area contributed by atoms with Crippen LogP contribution in [-0.2, 0) is 0 Å². The molecule has 2 aromatic rings. The summed E-state index contributed by atoms with van der Waals surface area (Å²) in [7, 11) is 0. The van der Waals surface area contributed by atoms with Crippen LogP contribution in [0.1, 0.15) is 21.8 Å². The molecule has 0 aliphatic heterocycles. The van der Waals surface area contributed by atoms with Crippen LogP contribution < -0.4 is 0 Å². The van der Waals surface area contributed by atoms with Gasteiger partial charge in [-0.2, -0.15) is 16.6 Å². The van der Waals surface area contributed by atoms with Crippen molar-refractivity contribution in [1.29, 1.82) is 5.26 Å². The number of ketones is 1. The highest BCUT2D eigenvalue weighted by molar-refractivity contribution is 7.08. The van der Waals surface area contributed by atoms with Gasteiger partial charge in [0.2, 0.25) is 0 Å². The van der Waals surface area contributed by atoms with Crippen LogP contribution in [0, 0.1) is 17.1 Å². The summed E-state index contributed by atoms with van der Waals surface area (Å²) in [5.74, 6) is -1.50. The molecule has 4 heteroatoms. The number of Topliss-reactive ketones (excluding diaryl/α,β-unsaturated/α-hetero) is 1. The zero-order valence-corrected chi connectivity index (χ0v) is 9.58. The zero-order chi connectivity index (χ0) is 12.3. The van der Waals surface area contributed by atoms with Gasteiger partial charge in [0.1, 0.15) is 11.7 Å². The third kappa shape index (κ3) is 2.40. The molecule has 0 fully saturated rings. The average molecular weight is 245 g/mol. The zero-order valence-electron chi connectivity index (χ0n) is 8.76. The molecule has 0 bridgehead atoms. The monoisotopic (exact) mass is 245 g/mol. The van der Waals surface area contributed by atoms with Crippen LogP contribution >= 0.6 is 11.3 Å². The van der Waals surface area contributed by atoms with Gasteiger partial charge in [0.25, 0.3) is 0 Å². The number of carbonyl (C=O) groups is 1. The number of hydrogen-bond donors (Lipinski definition) is 0. The van der Waals surface area contributed by atoms with Gasteiger partial charge in [0.15, 0.2) is 5.78 Å². The molecule has 2 nitrogen and oxygen atoms in total. The van der Waals surface area contributed by atoms with Crippen molar-refractivity contribution in [3.63, 3.8) is 0 Å². The SMILES string of the molecule is N#CC(C(=O)c1ccsc1)c1ccc(F)cc1. The second-order valence-electron chi connectivity index (χ2n) is 3.49. The fourth-order valence-electron chi connectivity index (χ4n) is 1.51. The van der Waals surface area contributed by atoms with Crippen molar-refractivity contribution in [2.24, 2.45) is 0 Å². The van der Waals surface area contributed by atoms with E-state index in [1.54, 1.807) is 16.8 Å². The highest BCUT2D eigenvalue weighted by atomic mass is 32.1. The molecule has 1 atom stereocenters. The molecule has 1 heterocycles. The van der Waals surface area contributed by atoms with E-state index in [0.717, 1.165) is 0 Å². The third-order valence-electron chi connectivity index (χ3n) is 2.40. The highest BCUT2D eigenvalue weighted by Gasteiger charge is 2.21. The first kappa shape index (κ1) is 11.5. The van der Waals surface area contributed by atoms with E-state index in [1.807, 2.05) is 6.07 Å². The molecule has 2 rings (SSSR count). The van der Waals surface area contributed by atoms with Gasteiger partial charge in [-0.05, 0) is 29.1 Å². The van der Waals surface area contributed by atoms with Crippen LogP contribution in [0.3, 0.4) is 0 Å². The molecule has 0 saturated carbocycles. The van der Waals surface area contributed by atoms with E-state index in [1.165, 1.54) is 35.6 Å². The highest BCUT2D eigenvalue weighted by Crippen LogP contribution is 2.22. The standard InChI is InChI=1S/C13H8FNOS/c14-11-3-1-9(2-4-11)12(7-15)13(16)10-5-6-17-8-10/h1-6,8,12H. The summed E-state index contributed by atoms with van der Waals surface area (Å²) in [4.78, 5) is 12.0. The molecule has 1 unspecified atom stereocenters. The van der Waals surface area contributed by atoms with Crippen molar-refractivity contribution in [1.82, 2.24) is 0 Å². The molecule has 1 aromatic carbocycles. The van der Waals surface area contributed by atoms with Crippen LogP contribution in [0.2, 0.25) is 0 Å². The van der Waals surface area contributed by atoms with Crippen LogP contribution in [0.15, 0.2) is 41.1 Å². The van der Waals surface area contributed by atoms with Crippen molar-refractivity contribution < 1.29 is 9.18 Å². The van der Waals surface area contributed by atoms with Crippen molar-refractivity contribution in [3.8, 4) is 6.07 Å². The number of carbonyl (C=O) groups excluding carboxylic acids is 1. The fraction of sp³-hybridized carbons (Fsp3) is 0.0769. The number of thiophene rings is 1. The molecule has 0 aliphatic rings. The summed E-state index contributed by atoms with van der Waals surface area (Å²) in [6.45, 7) is 0. The van der Waals surface area contributed by atoms with Crippen molar-refractivity contribution >= 4 is 17.1 Å². The van der Waals surface area contributed by atoms with E-state index in [4.69, 9.17) is 5.26 Å². The number of rotatable bonds is 3. The Bertz CT molecular complexity index is 554. The molecule has 1 aromatic heterocycles. The Balaban J connectivity index is 2.32. The predicted molar refractivity (Wildman–Crippen MR) is 63.4 cm³/mol. The lowest BCUT2D eigenvalue weighted by atomic mass is 9.93. The quantitative estimate of drug-likeness (QED) is 0.778. The Hall–Kier alpha value is -1.99. The van der Waals surface area contributed by atoms with Gasteiger partial charge >= 0.3 is 0 Å². The summed E-state index contributed by atoms with van der Waals surface area (Å²) in [6.07, 6.45) is 0. The van der Waals surface area contributed by atoms with Gasteiger partial charge in [-0.1, -0.05) is 12.1 Å². The molecule has 0 saturated heterocycles. The van der Waals surface area contributed by atoms with Gasteiger partial charge in [-0.25, -0.2) is 4.39 Å². The molecular weight excluding hydrogens is 237 g/mol. The number of nitrogens with zero attached hydrogens (tertiary/aromatic N) is 1. The van der Waals surface area contributed by atoms with Gasteiger partial charge in [0, 0.05) is 10.9 Å². The van der Waals surface area contributed by atoms with Crippen molar-refractivity contribution in [2.75, 3.05) is 0 Å². The number of benzene rings is 1. The van der Waals surface area contributed by atoms with E-state index < -0.39 is 5.92 Å². The summed E-state index contributed by atoms with van der Waals surface area (Å²) in [5.41, 5.74) is 1.04. The first-order chi connectivity index (χ1) is 8.22. The normalized spacial score (nSPS) is 11.8. The molecule has 17 heavy (non-hydrogen) atoms. The van der Waals surface area contributed by atoms with Crippen LogP contribution in [0.4, 0.5) is 4.39 Å². The predicted octanol–water partition coefficient (Wildman–Crippen LogP) is 3.38. The van der Waals surface area contributed by atoms with Gasteiger partial charge in [-0.3, -0.25) is 4.79 Å². The summed E-state index contributed by atoms with van der Waals surface area (Å²) >= 11 is 1.40. The third-order valence-corrected chi connectivity index (χ3v) is 3.08. The Kier molecular flexibility index (Phi) is 3.31. The maximum Gasteiger partial charge on any atom is 0.185 e. The maximum atomic E-state index is 12.8. The average Bonchev–Trinajstić information content (AvgIpc) is 2.86. The smallest absolute Gasteiger partial charge is 0.185 e. The van der Waals surface area contributed by atoms with Gasteiger partial charge < -0.3 is 0 Å². The van der Waals surface area contributed by atoms with E-state index in [2.05, 4.69) is 0 Å². The number of nitriles is 1. The minimum atomic E-state index is -0.870. The van der Waals surface area contributed by atoms with E-state index in [0.29, 0.717) is 11.1 Å². The molecule has 0 amide bonds. The summed E-state index contributed by atoms with van der Waals surface area (Å²) < 4.78 is 12.8. The van der Waals surface area contributed by atoms with E-state index in [-0.39, 0.29) is 11.6 Å². The molecule has 0 spiro atoms. The minimum absolute atomic E-state index is 0.250. The molecular formula is C13H8FNOS. The molecule has 0 radical (unpaired) electrons. The molecule has 0 N–H and O–H groups in total. The van der Waals surface area contributed by atoms with Crippen LogP contribution in [0.5, 0.6) is 0 Å². The Morgan fingerprint density at radius 2 is 2.00 bits per heavy atom. The van der Waals surface area contributed by atoms with Crippen molar-refractivity contribution in [3.05, 3.63) is 58.0 Å². The second-order valence-corrected chi connectivity index (χ2v) is 4.27. The van der Waals surface area contributed by atoms with E-state index in [9.17, 15) is 9.18 Å². The number of hydrogen-bond acceptors (Lipinski definition) is 3. The lowest BCUT2D eigenvalue weighted by Crippen LogP contribution is -2.10. The Labute approximate surface area is 102 Å². The molecule has 0 aliphatic carbocycles.